The van der Waals surface area contributed by atoms with E-state index in [0.29, 0.717) is 5.16 Å². The number of aryl methyl sites for hydroxylation is 1. The molecule has 0 aliphatic rings. The maximum absolute atomic E-state index is 12.0. The maximum Gasteiger partial charge on any atom is 0.237 e. The highest BCUT2D eigenvalue weighted by molar-refractivity contribution is 8.00. The van der Waals surface area contributed by atoms with Crippen molar-refractivity contribution >= 4 is 23.4 Å². The van der Waals surface area contributed by atoms with Crippen molar-refractivity contribution in [3.8, 4) is 0 Å². The van der Waals surface area contributed by atoms with Gasteiger partial charge in [0.15, 0.2) is 5.16 Å². The number of carbonyl (C=O) groups excluding carboxylic acids is 1. The average Bonchev–Trinajstić information content (AvgIpc) is 2.40. The third kappa shape index (κ3) is 4.06. The smallest absolute Gasteiger partial charge is 0.237 e. The fraction of sp³-hybridized carbons (Fsp3) is 0.214. The Morgan fingerprint density at radius 1 is 1.26 bits per heavy atom. The normalized spacial score (nSPS) is 11.9. The van der Waals surface area contributed by atoms with Gasteiger partial charge in [-0.3, -0.25) is 4.79 Å². The molecule has 2 rings (SSSR count). The lowest BCUT2D eigenvalue weighted by Crippen LogP contribution is -2.22. The topological polar surface area (TPSA) is 54.9 Å². The minimum absolute atomic E-state index is 0.0543. The molecule has 19 heavy (non-hydrogen) atoms. The Balaban J connectivity index is 1.96. The SMILES string of the molecule is Cc1ccnc(S[C@H](C)C(=O)Nc2ccccc2)n1. The number of nitrogens with zero attached hydrogens (tertiary/aromatic N) is 2. The van der Waals surface area contributed by atoms with Crippen LogP contribution in [0.25, 0.3) is 0 Å². The van der Waals surface area contributed by atoms with Gasteiger partial charge in [-0.25, -0.2) is 9.97 Å². The first-order valence-electron chi connectivity index (χ1n) is 5.97. The summed E-state index contributed by atoms with van der Waals surface area (Å²) in [6.07, 6.45) is 1.70. The molecule has 0 bridgehead atoms. The number of hydrogen-bond donors (Lipinski definition) is 1. The van der Waals surface area contributed by atoms with E-state index in [0.717, 1.165) is 11.4 Å². The monoisotopic (exact) mass is 273 g/mol. The predicted octanol–water partition coefficient (Wildman–Crippen LogP) is 2.90. The fourth-order valence-corrected chi connectivity index (χ4v) is 2.26. The van der Waals surface area contributed by atoms with Crippen LogP contribution in [0.1, 0.15) is 12.6 Å². The Bertz CT molecular complexity index is 560. The summed E-state index contributed by atoms with van der Waals surface area (Å²) in [5.74, 6) is -0.0543. The molecule has 0 fully saturated rings. The van der Waals surface area contributed by atoms with E-state index in [1.165, 1.54) is 11.8 Å². The Labute approximate surface area is 116 Å². The number of para-hydroxylation sites is 1. The molecule has 98 valence electrons. The van der Waals surface area contributed by atoms with Gasteiger partial charge in [-0.15, -0.1) is 0 Å². The number of thioether (sulfide) groups is 1. The predicted molar refractivity (Wildman–Crippen MR) is 77.2 cm³/mol. The van der Waals surface area contributed by atoms with E-state index in [-0.39, 0.29) is 11.2 Å². The zero-order chi connectivity index (χ0) is 13.7. The molecule has 0 saturated heterocycles. The molecule has 0 spiro atoms. The zero-order valence-electron chi connectivity index (χ0n) is 10.8. The lowest BCUT2D eigenvalue weighted by Gasteiger charge is -2.11. The highest BCUT2D eigenvalue weighted by atomic mass is 32.2. The molecule has 1 amide bonds. The number of carbonyl (C=O) groups is 1. The number of hydrogen-bond acceptors (Lipinski definition) is 4. The number of aromatic nitrogens is 2. The van der Waals surface area contributed by atoms with Crippen molar-refractivity contribution in [2.75, 3.05) is 5.32 Å². The van der Waals surface area contributed by atoms with Crippen molar-refractivity contribution in [1.29, 1.82) is 0 Å². The van der Waals surface area contributed by atoms with E-state index in [2.05, 4.69) is 15.3 Å². The summed E-state index contributed by atoms with van der Waals surface area (Å²) >= 11 is 1.35. The van der Waals surface area contributed by atoms with Gasteiger partial charge in [-0.2, -0.15) is 0 Å². The number of anilines is 1. The van der Waals surface area contributed by atoms with E-state index >= 15 is 0 Å². The van der Waals surface area contributed by atoms with Crippen LogP contribution in [-0.2, 0) is 4.79 Å². The Morgan fingerprint density at radius 2 is 2.00 bits per heavy atom. The highest BCUT2D eigenvalue weighted by Gasteiger charge is 2.15. The van der Waals surface area contributed by atoms with Crippen LogP contribution in [0, 0.1) is 6.92 Å². The summed E-state index contributed by atoms with van der Waals surface area (Å²) in [7, 11) is 0. The lowest BCUT2D eigenvalue weighted by molar-refractivity contribution is -0.115. The zero-order valence-corrected chi connectivity index (χ0v) is 11.6. The average molecular weight is 273 g/mol. The highest BCUT2D eigenvalue weighted by Crippen LogP contribution is 2.20. The first-order chi connectivity index (χ1) is 9.15. The molecule has 0 saturated carbocycles. The van der Waals surface area contributed by atoms with Gasteiger partial charge in [0.05, 0.1) is 5.25 Å². The van der Waals surface area contributed by atoms with Crippen molar-refractivity contribution in [1.82, 2.24) is 9.97 Å². The van der Waals surface area contributed by atoms with Gasteiger partial charge in [0.25, 0.3) is 0 Å². The van der Waals surface area contributed by atoms with E-state index in [1.807, 2.05) is 50.2 Å². The van der Waals surface area contributed by atoms with Crippen LogP contribution in [-0.4, -0.2) is 21.1 Å². The third-order valence-corrected chi connectivity index (χ3v) is 3.44. The number of benzene rings is 1. The summed E-state index contributed by atoms with van der Waals surface area (Å²) in [5, 5.41) is 3.23. The van der Waals surface area contributed by atoms with Gasteiger partial charge >= 0.3 is 0 Å². The molecule has 4 nitrogen and oxygen atoms in total. The molecule has 0 aliphatic heterocycles. The second-order valence-corrected chi connectivity index (χ2v) is 5.40. The van der Waals surface area contributed by atoms with Crippen LogP contribution in [0.15, 0.2) is 47.8 Å². The molecule has 1 atom stereocenters. The molecule has 0 aliphatic carbocycles. The summed E-state index contributed by atoms with van der Waals surface area (Å²) in [6, 6.07) is 11.2. The molecular formula is C14H15N3OS. The molecular weight excluding hydrogens is 258 g/mol. The van der Waals surface area contributed by atoms with Crippen LogP contribution in [0.3, 0.4) is 0 Å². The molecule has 0 unspecified atom stereocenters. The van der Waals surface area contributed by atoms with Crippen LogP contribution in [0.4, 0.5) is 5.69 Å². The molecule has 2 aromatic rings. The standard InChI is InChI=1S/C14H15N3OS/c1-10-8-9-15-14(16-10)19-11(2)13(18)17-12-6-4-3-5-7-12/h3-9,11H,1-2H3,(H,17,18)/t11-/m1/s1. The molecule has 1 N–H and O–H groups in total. The Hall–Kier alpha value is -1.88. The van der Waals surface area contributed by atoms with E-state index < -0.39 is 0 Å². The van der Waals surface area contributed by atoms with Crippen LogP contribution in [0.2, 0.25) is 0 Å². The van der Waals surface area contributed by atoms with Crippen LogP contribution in [0.5, 0.6) is 0 Å². The van der Waals surface area contributed by atoms with Gasteiger partial charge in [-0.1, -0.05) is 30.0 Å². The van der Waals surface area contributed by atoms with Gasteiger partial charge < -0.3 is 5.32 Å². The number of amides is 1. The van der Waals surface area contributed by atoms with E-state index in [1.54, 1.807) is 6.20 Å². The van der Waals surface area contributed by atoms with Gasteiger partial charge in [-0.05, 0) is 32.0 Å². The summed E-state index contributed by atoms with van der Waals surface area (Å²) in [5.41, 5.74) is 1.69. The summed E-state index contributed by atoms with van der Waals surface area (Å²) in [6.45, 7) is 3.75. The van der Waals surface area contributed by atoms with Crippen molar-refractivity contribution in [2.24, 2.45) is 0 Å². The second kappa shape index (κ2) is 6.33. The minimum Gasteiger partial charge on any atom is -0.325 e. The number of rotatable bonds is 4. The first-order valence-corrected chi connectivity index (χ1v) is 6.85. The molecule has 1 aromatic heterocycles. The van der Waals surface area contributed by atoms with Crippen LogP contribution >= 0.6 is 11.8 Å². The fourth-order valence-electron chi connectivity index (χ4n) is 1.46. The van der Waals surface area contributed by atoms with Crippen molar-refractivity contribution < 1.29 is 4.79 Å². The van der Waals surface area contributed by atoms with Gasteiger partial charge in [0.2, 0.25) is 5.91 Å². The molecule has 5 heteroatoms. The Morgan fingerprint density at radius 3 is 2.68 bits per heavy atom. The van der Waals surface area contributed by atoms with Crippen molar-refractivity contribution in [3.05, 3.63) is 48.3 Å². The molecule has 1 aromatic carbocycles. The first kappa shape index (κ1) is 13.5. The Kier molecular flexibility index (Phi) is 4.52. The van der Waals surface area contributed by atoms with Crippen LogP contribution < -0.4 is 5.32 Å². The van der Waals surface area contributed by atoms with Crippen molar-refractivity contribution in [3.63, 3.8) is 0 Å². The van der Waals surface area contributed by atoms with Gasteiger partial charge in [0, 0.05) is 17.6 Å². The molecule has 1 heterocycles. The quantitative estimate of drug-likeness (QED) is 0.687. The summed E-state index contributed by atoms with van der Waals surface area (Å²) < 4.78 is 0. The second-order valence-electron chi connectivity index (χ2n) is 4.10. The third-order valence-electron chi connectivity index (χ3n) is 2.47. The summed E-state index contributed by atoms with van der Waals surface area (Å²) in [4.78, 5) is 20.4. The number of nitrogens with one attached hydrogen (secondary N) is 1. The largest absolute Gasteiger partial charge is 0.325 e. The van der Waals surface area contributed by atoms with E-state index in [4.69, 9.17) is 0 Å². The van der Waals surface area contributed by atoms with Crippen molar-refractivity contribution in [2.45, 2.75) is 24.3 Å². The molecule has 0 radical (unpaired) electrons. The van der Waals surface area contributed by atoms with Gasteiger partial charge in [0.1, 0.15) is 0 Å². The minimum atomic E-state index is -0.248. The van der Waals surface area contributed by atoms with E-state index in [9.17, 15) is 4.79 Å². The maximum atomic E-state index is 12.0. The lowest BCUT2D eigenvalue weighted by atomic mass is 10.3.